The number of aromatic nitrogens is 1. The molecule has 9 heteroatoms. The van der Waals surface area contributed by atoms with Gasteiger partial charge < -0.3 is 4.74 Å². The Bertz CT molecular complexity index is 956. The molecule has 0 amide bonds. The highest BCUT2D eigenvalue weighted by Gasteiger charge is 2.31. The van der Waals surface area contributed by atoms with Gasteiger partial charge in [-0.1, -0.05) is 12.1 Å². The Kier molecular flexibility index (Phi) is 4.81. The monoisotopic (exact) mass is 382 g/mol. The lowest BCUT2D eigenvalue weighted by Crippen LogP contribution is -2.43. The van der Waals surface area contributed by atoms with Gasteiger partial charge in [0, 0.05) is 24.8 Å². The molecule has 0 spiro atoms. The maximum Gasteiger partial charge on any atom is 0.243 e. The number of rotatable bonds is 4. The minimum absolute atomic E-state index is 0.0111. The third kappa shape index (κ3) is 3.68. The number of ether oxygens (including phenoxy) is 1. The molecule has 1 saturated heterocycles. The van der Waals surface area contributed by atoms with Crippen molar-refractivity contribution in [2.45, 2.75) is 4.90 Å². The maximum absolute atomic E-state index is 12.7. The molecule has 2 aromatic rings. The van der Waals surface area contributed by atoms with Crippen molar-refractivity contribution in [2.75, 3.05) is 31.7 Å². The van der Waals surface area contributed by atoms with Crippen LogP contribution >= 0.6 is 0 Å². The lowest BCUT2D eigenvalue weighted by atomic mass is 10.1. The summed E-state index contributed by atoms with van der Waals surface area (Å²) in [6.45, 7) is -0.0221. The van der Waals surface area contributed by atoms with Crippen molar-refractivity contribution in [2.24, 2.45) is 0 Å². The van der Waals surface area contributed by atoms with Gasteiger partial charge in [0.15, 0.2) is 9.84 Å². The largest absolute Gasteiger partial charge is 0.481 e. The van der Waals surface area contributed by atoms with E-state index in [1.807, 2.05) is 6.07 Å². The quantitative estimate of drug-likeness (QED) is 0.788. The topological polar surface area (TPSA) is 93.6 Å². The Hall–Kier alpha value is -1.97. The fourth-order valence-corrected chi connectivity index (χ4v) is 5.54. The Morgan fingerprint density at radius 2 is 1.72 bits per heavy atom. The second-order valence-corrected chi connectivity index (χ2v) is 9.88. The first-order chi connectivity index (χ1) is 11.8. The maximum atomic E-state index is 12.7. The van der Waals surface area contributed by atoms with Crippen LogP contribution in [0.1, 0.15) is 0 Å². The van der Waals surface area contributed by atoms with Crippen molar-refractivity contribution in [3.63, 3.8) is 0 Å². The number of hydrogen-bond donors (Lipinski definition) is 0. The zero-order valence-electron chi connectivity index (χ0n) is 13.6. The summed E-state index contributed by atoms with van der Waals surface area (Å²) in [5.74, 6) is 0.174. The Labute approximate surface area is 147 Å². The first-order valence-electron chi connectivity index (χ1n) is 7.63. The van der Waals surface area contributed by atoms with Crippen LogP contribution in [0.4, 0.5) is 0 Å². The van der Waals surface area contributed by atoms with E-state index in [9.17, 15) is 16.8 Å². The summed E-state index contributed by atoms with van der Waals surface area (Å²) in [6, 6.07) is 10.0. The fraction of sp³-hybridized carbons (Fsp3) is 0.312. The van der Waals surface area contributed by atoms with E-state index in [-0.39, 0.29) is 29.5 Å². The SMILES string of the molecule is COc1ncccc1-c1ccc(S(=O)(=O)N2CCS(=O)(=O)CC2)cc1. The van der Waals surface area contributed by atoms with E-state index in [0.717, 1.165) is 11.1 Å². The lowest BCUT2D eigenvalue weighted by Gasteiger charge is -2.26. The van der Waals surface area contributed by atoms with Crippen molar-refractivity contribution < 1.29 is 21.6 Å². The average molecular weight is 382 g/mol. The second-order valence-electron chi connectivity index (χ2n) is 5.64. The molecule has 134 valence electrons. The molecule has 0 saturated carbocycles. The summed E-state index contributed by atoms with van der Waals surface area (Å²) in [5.41, 5.74) is 1.54. The zero-order valence-corrected chi connectivity index (χ0v) is 15.3. The van der Waals surface area contributed by atoms with Gasteiger partial charge in [-0.2, -0.15) is 4.31 Å². The molecule has 1 aliphatic heterocycles. The van der Waals surface area contributed by atoms with Gasteiger partial charge in [-0.25, -0.2) is 21.8 Å². The minimum Gasteiger partial charge on any atom is -0.481 e. The Morgan fingerprint density at radius 3 is 2.32 bits per heavy atom. The molecule has 0 radical (unpaired) electrons. The fourth-order valence-electron chi connectivity index (χ4n) is 2.66. The van der Waals surface area contributed by atoms with Crippen molar-refractivity contribution in [3.05, 3.63) is 42.6 Å². The van der Waals surface area contributed by atoms with Crippen LogP contribution in [0, 0.1) is 0 Å². The van der Waals surface area contributed by atoms with E-state index in [2.05, 4.69) is 4.98 Å². The van der Waals surface area contributed by atoms with Crippen LogP contribution in [0.5, 0.6) is 5.88 Å². The molecule has 0 bridgehead atoms. The highest BCUT2D eigenvalue weighted by molar-refractivity contribution is 7.92. The van der Waals surface area contributed by atoms with Crippen LogP contribution in [-0.4, -0.2) is 57.8 Å². The van der Waals surface area contributed by atoms with Crippen molar-refractivity contribution in [3.8, 4) is 17.0 Å². The van der Waals surface area contributed by atoms with Crippen molar-refractivity contribution in [1.29, 1.82) is 0 Å². The van der Waals surface area contributed by atoms with Gasteiger partial charge in [0.1, 0.15) is 0 Å². The molecule has 0 atom stereocenters. The molecule has 1 aromatic heterocycles. The van der Waals surface area contributed by atoms with E-state index in [4.69, 9.17) is 4.74 Å². The van der Waals surface area contributed by atoms with Gasteiger partial charge in [0.05, 0.1) is 23.5 Å². The number of methoxy groups -OCH3 is 1. The summed E-state index contributed by atoms with van der Waals surface area (Å²) in [7, 11) is -5.32. The molecule has 1 fully saturated rings. The Balaban J connectivity index is 1.87. The highest BCUT2D eigenvalue weighted by Crippen LogP contribution is 2.29. The molecule has 1 aliphatic rings. The summed E-state index contributed by atoms with van der Waals surface area (Å²) in [6.07, 6.45) is 1.62. The number of hydrogen-bond acceptors (Lipinski definition) is 6. The van der Waals surface area contributed by atoms with Crippen molar-refractivity contribution in [1.82, 2.24) is 9.29 Å². The van der Waals surface area contributed by atoms with Crippen LogP contribution in [0.3, 0.4) is 0 Å². The number of sulfonamides is 1. The van der Waals surface area contributed by atoms with E-state index >= 15 is 0 Å². The van der Waals surface area contributed by atoms with Crippen LogP contribution in [0.2, 0.25) is 0 Å². The molecule has 1 aromatic carbocycles. The number of pyridine rings is 1. The van der Waals surface area contributed by atoms with E-state index in [1.54, 1.807) is 24.4 Å². The van der Waals surface area contributed by atoms with Gasteiger partial charge in [0.2, 0.25) is 15.9 Å². The normalized spacial score (nSPS) is 18.0. The third-order valence-electron chi connectivity index (χ3n) is 4.07. The summed E-state index contributed by atoms with van der Waals surface area (Å²) < 4.78 is 54.7. The van der Waals surface area contributed by atoms with Gasteiger partial charge in [0.25, 0.3) is 0 Å². The zero-order chi connectivity index (χ0) is 18.1. The van der Waals surface area contributed by atoms with E-state index < -0.39 is 19.9 Å². The summed E-state index contributed by atoms with van der Waals surface area (Å²) in [4.78, 5) is 4.26. The first kappa shape index (κ1) is 17.8. The molecule has 0 N–H and O–H groups in total. The summed E-state index contributed by atoms with van der Waals surface area (Å²) >= 11 is 0. The first-order valence-corrected chi connectivity index (χ1v) is 10.9. The predicted octanol–water partition coefficient (Wildman–Crippen LogP) is 1.18. The molecule has 3 rings (SSSR count). The molecule has 0 aliphatic carbocycles. The van der Waals surface area contributed by atoms with E-state index in [0.29, 0.717) is 5.88 Å². The highest BCUT2D eigenvalue weighted by atomic mass is 32.2. The molecular weight excluding hydrogens is 364 g/mol. The standard InChI is InChI=1S/C16H18N2O5S2/c1-23-16-15(3-2-8-17-16)13-4-6-14(7-5-13)25(21,22)18-9-11-24(19,20)12-10-18/h2-8H,9-12H2,1H3. The van der Waals surface area contributed by atoms with Crippen LogP contribution in [0.15, 0.2) is 47.5 Å². The van der Waals surface area contributed by atoms with Gasteiger partial charge in [-0.3, -0.25) is 0 Å². The predicted molar refractivity (Wildman–Crippen MR) is 93.6 cm³/mol. The molecule has 7 nitrogen and oxygen atoms in total. The van der Waals surface area contributed by atoms with Crippen LogP contribution in [-0.2, 0) is 19.9 Å². The molecule has 0 unspecified atom stereocenters. The number of sulfone groups is 1. The van der Waals surface area contributed by atoms with Gasteiger partial charge in [-0.05, 0) is 29.8 Å². The lowest BCUT2D eigenvalue weighted by molar-refractivity contribution is 0.399. The van der Waals surface area contributed by atoms with Gasteiger partial charge >= 0.3 is 0 Å². The van der Waals surface area contributed by atoms with Crippen molar-refractivity contribution >= 4 is 19.9 Å². The Morgan fingerprint density at radius 1 is 1.08 bits per heavy atom. The third-order valence-corrected chi connectivity index (χ3v) is 7.59. The molecule has 2 heterocycles. The second kappa shape index (κ2) is 6.74. The van der Waals surface area contributed by atoms with Gasteiger partial charge in [-0.15, -0.1) is 0 Å². The minimum atomic E-state index is -3.70. The molecule has 25 heavy (non-hydrogen) atoms. The smallest absolute Gasteiger partial charge is 0.243 e. The molecular formula is C16H18N2O5S2. The number of benzene rings is 1. The van der Waals surface area contributed by atoms with Crippen LogP contribution < -0.4 is 4.74 Å². The average Bonchev–Trinajstić information content (AvgIpc) is 2.61. The number of nitrogens with zero attached hydrogens (tertiary/aromatic N) is 2. The van der Waals surface area contributed by atoms with Crippen LogP contribution in [0.25, 0.3) is 11.1 Å². The summed E-state index contributed by atoms with van der Waals surface area (Å²) in [5, 5.41) is 0. The van der Waals surface area contributed by atoms with E-state index in [1.165, 1.54) is 23.5 Å².